The van der Waals surface area contributed by atoms with Gasteiger partial charge in [-0.25, -0.2) is 4.79 Å². The number of hydrogen-bond acceptors (Lipinski definition) is 3. The van der Waals surface area contributed by atoms with E-state index in [0.717, 1.165) is 31.4 Å². The first-order valence-corrected chi connectivity index (χ1v) is 8.01. The Morgan fingerprint density at radius 1 is 1.32 bits per heavy atom. The second-order valence-corrected chi connectivity index (χ2v) is 5.62. The number of nitrogens with one attached hydrogen (secondary N) is 2. The SMILES string of the molecule is NC(=O)NC(=NCCCc1ccccn1)NC1CCCCC1. The molecule has 2 rings (SSSR count). The monoisotopic (exact) mass is 303 g/mol. The number of carbonyl (C=O) groups is 1. The predicted octanol–water partition coefficient (Wildman–Crippen LogP) is 1.96. The third-order valence-electron chi connectivity index (χ3n) is 3.77. The van der Waals surface area contributed by atoms with Crippen LogP contribution in [0.25, 0.3) is 0 Å². The number of aromatic nitrogens is 1. The third-order valence-corrected chi connectivity index (χ3v) is 3.77. The Hall–Kier alpha value is -2.11. The fourth-order valence-electron chi connectivity index (χ4n) is 2.68. The molecule has 0 aromatic carbocycles. The highest BCUT2D eigenvalue weighted by Gasteiger charge is 2.15. The lowest BCUT2D eigenvalue weighted by Crippen LogP contribution is -2.48. The van der Waals surface area contributed by atoms with Crippen molar-refractivity contribution in [2.45, 2.75) is 51.0 Å². The Morgan fingerprint density at radius 2 is 2.14 bits per heavy atom. The van der Waals surface area contributed by atoms with Crippen LogP contribution in [0.15, 0.2) is 29.4 Å². The molecule has 6 nitrogen and oxygen atoms in total. The van der Waals surface area contributed by atoms with Gasteiger partial charge in [0.1, 0.15) is 0 Å². The van der Waals surface area contributed by atoms with Gasteiger partial charge in [0, 0.05) is 24.5 Å². The van der Waals surface area contributed by atoms with Gasteiger partial charge in [0.25, 0.3) is 0 Å². The predicted molar refractivity (Wildman–Crippen MR) is 87.6 cm³/mol. The maximum absolute atomic E-state index is 11.1. The lowest BCUT2D eigenvalue weighted by molar-refractivity contribution is 0.252. The zero-order valence-corrected chi connectivity index (χ0v) is 12.9. The second-order valence-electron chi connectivity index (χ2n) is 5.62. The van der Waals surface area contributed by atoms with Crippen LogP contribution in [0.2, 0.25) is 0 Å². The van der Waals surface area contributed by atoms with E-state index >= 15 is 0 Å². The molecule has 1 saturated carbocycles. The molecule has 1 aliphatic rings. The summed E-state index contributed by atoms with van der Waals surface area (Å²) in [6.45, 7) is 0.631. The van der Waals surface area contributed by atoms with Crippen molar-refractivity contribution in [3.05, 3.63) is 30.1 Å². The molecule has 6 heteroatoms. The van der Waals surface area contributed by atoms with Crippen LogP contribution in [0.4, 0.5) is 4.79 Å². The molecule has 1 aliphatic carbocycles. The molecule has 0 atom stereocenters. The first-order valence-electron chi connectivity index (χ1n) is 8.01. The minimum absolute atomic E-state index is 0.384. The van der Waals surface area contributed by atoms with Crippen LogP contribution in [-0.2, 0) is 6.42 Å². The average Bonchev–Trinajstić information content (AvgIpc) is 2.53. The highest BCUT2D eigenvalue weighted by atomic mass is 16.2. The topological polar surface area (TPSA) is 92.4 Å². The van der Waals surface area contributed by atoms with E-state index < -0.39 is 6.03 Å². The Bertz CT molecular complexity index is 483. The summed E-state index contributed by atoms with van der Waals surface area (Å²) in [5.41, 5.74) is 6.27. The van der Waals surface area contributed by atoms with Crippen molar-refractivity contribution in [3.8, 4) is 0 Å². The lowest BCUT2D eigenvalue weighted by Gasteiger charge is -2.24. The molecular weight excluding hydrogens is 278 g/mol. The average molecular weight is 303 g/mol. The molecule has 2 amide bonds. The molecule has 4 N–H and O–H groups in total. The molecule has 120 valence electrons. The number of hydrogen-bond donors (Lipinski definition) is 3. The third kappa shape index (κ3) is 6.11. The number of guanidine groups is 1. The fraction of sp³-hybridized carbons (Fsp3) is 0.562. The number of carbonyl (C=O) groups excluding carboxylic acids is 1. The number of pyridine rings is 1. The fourth-order valence-corrected chi connectivity index (χ4v) is 2.68. The molecule has 0 spiro atoms. The number of amides is 2. The zero-order valence-electron chi connectivity index (χ0n) is 12.9. The zero-order chi connectivity index (χ0) is 15.6. The number of nitrogens with zero attached hydrogens (tertiary/aromatic N) is 2. The molecular formula is C16H25N5O. The van der Waals surface area contributed by atoms with Crippen molar-refractivity contribution >= 4 is 12.0 Å². The lowest BCUT2D eigenvalue weighted by atomic mass is 9.96. The van der Waals surface area contributed by atoms with E-state index in [1.165, 1.54) is 19.3 Å². The van der Waals surface area contributed by atoms with Gasteiger partial charge in [-0.15, -0.1) is 0 Å². The molecule has 0 bridgehead atoms. The minimum atomic E-state index is -0.577. The van der Waals surface area contributed by atoms with Gasteiger partial charge in [0.2, 0.25) is 0 Å². The number of rotatable bonds is 5. The van der Waals surface area contributed by atoms with E-state index in [-0.39, 0.29) is 0 Å². The summed E-state index contributed by atoms with van der Waals surface area (Å²) < 4.78 is 0. The first-order chi connectivity index (χ1) is 10.7. The van der Waals surface area contributed by atoms with E-state index in [1.807, 2.05) is 18.2 Å². The molecule has 0 saturated heterocycles. The van der Waals surface area contributed by atoms with Gasteiger partial charge >= 0.3 is 6.03 Å². The summed E-state index contributed by atoms with van der Waals surface area (Å²) in [4.78, 5) is 19.8. The molecule has 0 radical (unpaired) electrons. The van der Waals surface area contributed by atoms with Gasteiger partial charge in [-0.2, -0.15) is 0 Å². The van der Waals surface area contributed by atoms with Crippen molar-refractivity contribution < 1.29 is 4.79 Å². The Morgan fingerprint density at radius 3 is 2.82 bits per heavy atom. The summed E-state index contributed by atoms with van der Waals surface area (Å²) in [6, 6.07) is 5.70. The van der Waals surface area contributed by atoms with Crippen LogP contribution < -0.4 is 16.4 Å². The summed E-state index contributed by atoms with van der Waals surface area (Å²) >= 11 is 0. The van der Waals surface area contributed by atoms with Crippen molar-refractivity contribution in [2.75, 3.05) is 6.54 Å². The number of urea groups is 1. The van der Waals surface area contributed by atoms with Crippen LogP contribution in [0.3, 0.4) is 0 Å². The van der Waals surface area contributed by atoms with Gasteiger partial charge in [-0.05, 0) is 37.8 Å². The van der Waals surface area contributed by atoms with E-state index in [9.17, 15) is 4.79 Å². The van der Waals surface area contributed by atoms with E-state index in [0.29, 0.717) is 18.5 Å². The van der Waals surface area contributed by atoms with E-state index in [2.05, 4.69) is 20.6 Å². The first kappa shape index (κ1) is 16.3. The van der Waals surface area contributed by atoms with Crippen LogP contribution in [0.5, 0.6) is 0 Å². The summed E-state index contributed by atoms with van der Waals surface area (Å²) in [6.07, 6.45) is 9.52. The van der Waals surface area contributed by atoms with Crippen molar-refractivity contribution in [1.29, 1.82) is 0 Å². The summed E-state index contributed by atoms with van der Waals surface area (Å²) in [5.74, 6) is 0.500. The van der Waals surface area contributed by atoms with Gasteiger partial charge in [-0.3, -0.25) is 15.3 Å². The van der Waals surface area contributed by atoms with Crippen LogP contribution in [0, 0.1) is 0 Å². The van der Waals surface area contributed by atoms with Gasteiger partial charge in [-0.1, -0.05) is 25.3 Å². The smallest absolute Gasteiger partial charge is 0.318 e. The number of aryl methyl sites for hydroxylation is 1. The van der Waals surface area contributed by atoms with Crippen LogP contribution >= 0.6 is 0 Å². The summed E-state index contributed by atoms with van der Waals surface area (Å²) in [5, 5.41) is 5.90. The van der Waals surface area contributed by atoms with Gasteiger partial charge < -0.3 is 11.1 Å². The number of aliphatic imine (C=N–C) groups is 1. The van der Waals surface area contributed by atoms with Gasteiger partial charge in [0.05, 0.1) is 0 Å². The van der Waals surface area contributed by atoms with Crippen LogP contribution in [-0.4, -0.2) is 29.6 Å². The molecule has 22 heavy (non-hydrogen) atoms. The van der Waals surface area contributed by atoms with Crippen LogP contribution in [0.1, 0.15) is 44.2 Å². The summed E-state index contributed by atoms with van der Waals surface area (Å²) in [7, 11) is 0. The quantitative estimate of drug-likeness (QED) is 0.441. The maximum Gasteiger partial charge on any atom is 0.318 e. The highest BCUT2D eigenvalue weighted by Crippen LogP contribution is 2.17. The maximum atomic E-state index is 11.1. The Labute approximate surface area is 131 Å². The Kier molecular flexibility index (Phi) is 6.67. The van der Waals surface area contributed by atoms with Crippen molar-refractivity contribution in [1.82, 2.24) is 15.6 Å². The molecule has 1 fully saturated rings. The minimum Gasteiger partial charge on any atom is -0.353 e. The molecule has 1 aromatic heterocycles. The van der Waals surface area contributed by atoms with E-state index in [4.69, 9.17) is 5.73 Å². The standard InChI is InChI=1S/C16H25N5O/c17-15(22)21-16(20-14-8-2-1-3-9-14)19-12-6-10-13-7-4-5-11-18-13/h4-5,7,11,14H,1-3,6,8-10,12H2,(H4,17,19,20,21,22). The Balaban J connectivity index is 1.80. The molecule has 1 aromatic rings. The number of primary amides is 1. The molecule has 1 heterocycles. The normalized spacial score (nSPS) is 16.3. The van der Waals surface area contributed by atoms with Crippen molar-refractivity contribution in [2.24, 2.45) is 10.7 Å². The second kappa shape index (κ2) is 9.02. The largest absolute Gasteiger partial charge is 0.353 e. The highest BCUT2D eigenvalue weighted by molar-refractivity contribution is 5.95. The van der Waals surface area contributed by atoms with Gasteiger partial charge in [0.15, 0.2) is 5.96 Å². The van der Waals surface area contributed by atoms with Crippen molar-refractivity contribution in [3.63, 3.8) is 0 Å². The molecule has 0 unspecified atom stereocenters. The number of nitrogens with two attached hydrogens (primary N) is 1. The van der Waals surface area contributed by atoms with E-state index in [1.54, 1.807) is 6.20 Å². The molecule has 0 aliphatic heterocycles.